The van der Waals surface area contributed by atoms with Crippen LogP contribution in [0.1, 0.15) is 33.1 Å². The number of hydrogen-bond acceptors (Lipinski definition) is 4. The topological polar surface area (TPSA) is 87.7 Å². The number of rotatable bonds is 7. The minimum Gasteiger partial charge on any atom is -0.409 e. The number of carbonyl (C=O) groups excluding carboxylic acids is 1. The van der Waals surface area contributed by atoms with Gasteiger partial charge >= 0.3 is 0 Å². The first-order valence-corrected chi connectivity index (χ1v) is 7.09. The SMILES string of the molecule is CCSCCC(C)NC(=O)C1(C(N)=NO)CC1. The summed E-state index contributed by atoms with van der Waals surface area (Å²) in [7, 11) is 0. The molecule has 0 aromatic heterocycles. The molecule has 0 aromatic rings. The van der Waals surface area contributed by atoms with Crippen molar-refractivity contribution in [3.63, 3.8) is 0 Å². The van der Waals surface area contributed by atoms with Crippen LogP contribution in [0.2, 0.25) is 0 Å². The van der Waals surface area contributed by atoms with Gasteiger partial charge in [0.2, 0.25) is 5.91 Å². The Kier molecular flexibility index (Phi) is 5.11. The molecule has 0 heterocycles. The number of amidine groups is 1. The van der Waals surface area contributed by atoms with Gasteiger partial charge in [0.15, 0.2) is 5.84 Å². The summed E-state index contributed by atoms with van der Waals surface area (Å²) < 4.78 is 0. The molecule has 1 atom stereocenters. The predicted octanol–water partition coefficient (Wildman–Crippen LogP) is 1.16. The highest BCUT2D eigenvalue weighted by molar-refractivity contribution is 7.99. The molecular weight excluding hydrogens is 238 g/mol. The maximum atomic E-state index is 12.0. The number of thioether (sulfide) groups is 1. The van der Waals surface area contributed by atoms with Gasteiger partial charge in [-0.3, -0.25) is 4.79 Å². The molecule has 0 bridgehead atoms. The minimum absolute atomic E-state index is 0.0325. The van der Waals surface area contributed by atoms with Crippen LogP contribution in [-0.4, -0.2) is 34.5 Å². The predicted molar refractivity (Wildman–Crippen MR) is 70.3 cm³/mol. The van der Waals surface area contributed by atoms with E-state index >= 15 is 0 Å². The summed E-state index contributed by atoms with van der Waals surface area (Å²) >= 11 is 1.86. The van der Waals surface area contributed by atoms with E-state index < -0.39 is 5.41 Å². The molecule has 17 heavy (non-hydrogen) atoms. The molecule has 0 spiro atoms. The number of nitrogens with one attached hydrogen (secondary N) is 1. The van der Waals surface area contributed by atoms with Gasteiger partial charge in [-0.05, 0) is 37.7 Å². The van der Waals surface area contributed by atoms with E-state index in [0.717, 1.165) is 17.9 Å². The van der Waals surface area contributed by atoms with E-state index in [0.29, 0.717) is 12.8 Å². The monoisotopic (exact) mass is 259 g/mol. The molecule has 1 amide bonds. The lowest BCUT2D eigenvalue weighted by atomic mass is 10.0. The standard InChI is InChI=1S/C11H21N3O2S/c1-3-17-7-4-8(2)13-10(15)11(5-6-11)9(12)14-16/h8,16H,3-7H2,1-2H3,(H2,12,14)(H,13,15). The van der Waals surface area contributed by atoms with Crippen molar-refractivity contribution >= 4 is 23.5 Å². The van der Waals surface area contributed by atoms with Crippen LogP contribution in [0.4, 0.5) is 0 Å². The minimum atomic E-state index is -0.735. The second-order valence-corrected chi connectivity index (χ2v) is 5.82. The Morgan fingerprint density at radius 2 is 2.29 bits per heavy atom. The number of hydrogen-bond donors (Lipinski definition) is 3. The van der Waals surface area contributed by atoms with Crippen molar-refractivity contribution in [2.45, 2.75) is 39.2 Å². The zero-order chi connectivity index (χ0) is 12.9. The largest absolute Gasteiger partial charge is 0.409 e. The van der Waals surface area contributed by atoms with E-state index in [-0.39, 0.29) is 17.8 Å². The third kappa shape index (κ3) is 3.52. The molecule has 1 aliphatic rings. The van der Waals surface area contributed by atoms with Crippen LogP contribution in [-0.2, 0) is 4.79 Å². The van der Waals surface area contributed by atoms with Crippen molar-refractivity contribution in [1.29, 1.82) is 0 Å². The molecule has 1 saturated carbocycles. The van der Waals surface area contributed by atoms with Gasteiger partial charge in [-0.25, -0.2) is 0 Å². The number of amides is 1. The fourth-order valence-electron chi connectivity index (χ4n) is 1.66. The molecule has 1 aliphatic carbocycles. The van der Waals surface area contributed by atoms with E-state index in [2.05, 4.69) is 17.4 Å². The summed E-state index contributed by atoms with van der Waals surface area (Å²) in [4.78, 5) is 12.0. The molecule has 4 N–H and O–H groups in total. The first kappa shape index (κ1) is 14.2. The lowest BCUT2D eigenvalue weighted by Crippen LogP contribution is -2.44. The summed E-state index contributed by atoms with van der Waals surface area (Å²) in [6.45, 7) is 4.10. The van der Waals surface area contributed by atoms with Gasteiger partial charge in [0.05, 0.1) is 0 Å². The Hall–Kier alpha value is -0.910. The van der Waals surface area contributed by atoms with Gasteiger partial charge in [-0.1, -0.05) is 12.1 Å². The van der Waals surface area contributed by atoms with E-state index in [4.69, 9.17) is 10.9 Å². The Morgan fingerprint density at radius 1 is 1.65 bits per heavy atom. The molecule has 5 nitrogen and oxygen atoms in total. The highest BCUT2D eigenvalue weighted by Gasteiger charge is 2.54. The molecular formula is C11H21N3O2S. The number of nitrogens with zero attached hydrogens (tertiary/aromatic N) is 1. The Balaban J connectivity index is 2.39. The summed E-state index contributed by atoms with van der Waals surface area (Å²) in [5, 5.41) is 14.5. The van der Waals surface area contributed by atoms with Crippen LogP contribution in [0.25, 0.3) is 0 Å². The van der Waals surface area contributed by atoms with Gasteiger partial charge in [0.1, 0.15) is 5.41 Å². The molecule has 1 unspecified atom stereocenters. The molecule has 0 radical (unpaired) electrons. The Bertz CT molecular complexity index is 303. The molecule has 6 heteroatoms. The van der Waals surface area contributed by atoms with Crippen molar-refractivity contribution in [2.24, 2.45) is 16.3 Å². The average molecular weight is 259 g/mol. The van der Waals surface area contributed by atoms with Gasteiger partial charge in [0.25, 0.3) is 0 Å². The van der Waals surface area contributed by atoms with Crippen molar-refractivity contribution < 1.29 is 10.0 Å². The van der Waals surface area contributed by atoms with E-state index in [1.165, 1.54) is 0 Å². The molecule has 0 aromatic carbocycles. The second-order valence-electron chi connectivity index (χ2n) is 4.43. The van der Waals surface area contributed by atoms with Gasteiger partial charge in [-0.15, -0.1) is 0 Å². The zero-order valence-electron chi connectivity index (χ0n) is 10.4. The van der Waals surface area contributed by atoms with Crippen LogP contribution in [0.15, 0.2) is 5.16 Å². The molecule has 0 aliphatic heterocycles. The normalized spacial score (nSPS) is 19.8. The quantitative estimate of drug-likeness (QED) is 0.210. The zero-order valence-corrected chi connectivity index (χ0v) is 11.2. The van der Waals surface area contributed by atoms with Crippen LogP contribution < -0.4 is 11.1 Å². The van der Waals surface area contributed by atoms with Crippen molar-refractivity contribution in [2.75, 3.05) is 11.5 Å². The number of nitrogens with two attached hydrogens (primary N) is 1. The number of carbonyl (C=O) groups is 1. The highest BCUT2D eigenvalue weighted by atomic mass is 32.2. The van der Waals surface area contributed by atoms with Crippen LogP contribution >= 0.6 is 11.8 Å². The first-order valence-electron chi connectivity index (χ1n) is 5.93. The van der Waals surface area contributed by atoms with Crippen molar-refractivity contribution in [3.05, 3.63) is 0 Å². The molecule has 98 valence electrons. The summed E-state index contributed by atoms with van der Waals surface area (Å²) in [6.07, 6.45) is 2.28. The summed E-state index contributed by atoms with van der Waals surface area (Å²) in [6, 6.07) is 0.130. The van der Waals surface area contributed by atoms with Crippen LogP contribution in [0.5, 0.6) is 0 Å². The third-order valence-corrected chi connectivity index (χ3v) is 3.99. The van der Waals surface area contributed by atoms with Crippen LogP contribution in [0.3, 0.4) is 0 Å². The van der Waals surface area contributed by atoms with Crippen molar-refractivity contribution in [3.8, 4) is 0 Å². The lowest BCUT2D eigenvalue weighted by Gasteiger charge is -2.18. The van der Waals surface area contributed by atoms with E-state index in [1.807, 2.05) is 18.7 Å². The van der Waals surface area contributed by atoms with Crippen LogP contribution in [0, 0.1) is 5.41 Å². The van der Waals surface area contributed by atoms with Gasteiger partial charge in [-0.2, -0.15) is 11.8 Å². The molecule has 1 rings (SSSR count). The fourth-order valence-corrected chi connectivity index (χ4v) is 2.47. The molecule has 0 saturated heterocycles. The average Bonchev–Trinajstić information content (AvgIpc) is 3.09. The van der Waals surface area contributed by atoms with Crippen molar-refractivity contribution in [1.82, 2.24) is 5.32 Å². The summed E-state index contributed by atoms with van der Waals surface area (Å²) in [5.41, 5.74) is 4.81. The Morgan fingerprint density at radius 3 is 2.76 bits per heavy atom. The third-order valence-electron chi connectivity index (χ3n) is 3.06. The second kappa shape index (κ2) is 6.14. The maximum Gasteiger partial charge on any atom is 0.234 e. The smallest absolute Gasteiger partial charge is 0.234 e. The molecule has 1 fully saturated rings. The van der Waals surface area contributed by atoms with Gasteiger partial charge in [0, 0.05) is 6.04 Å². The maximum absolute atomic E-state index is 12.0. The van der Waals surface area contributed by atoms with E-state index in [1.54, 1.807) is 0 Å². The van der Waals surface area contributed by atoms with Gasteiger partial charge < -0.3 is 16.3 Å². The fraction of sp³-hybridized carbons (Fsp3) is 0.818. The summed E-state index contributed by atoms with van der Waals surface area (Å²) in [5.74, 6) is 2.05. The highest BCUT2D eigenvalue weighted by Crippen LogP contribution is 2.46. The Labute approximate surface area is 106 Å². The number of oxime groups is 1. The lowest BCUT2D eigenvalue weighted by molar-refractivity contribution is -0.124. The van der Waals surface area contributed by atoms with E-state index in [9.17, 15) is 4.79 Å². The first-order chi connectivity index (χ1) is 8.06.